The molecule has 1 unspecified atom stereocenters. The minimum Gasteiger partial charge on any atom is -0.383 e. The average Bonchev–Trinajstić information content (AvgIpc) is 2.98. The Morgan fingerprint density at radius 3 is 2.74 bits per heavy atom. The molecular weight excluding hydrogens is 301 g/mol. The number of nitrogens with zero attached hydrogens (tertiary/aromatic N) is 4. The molecule has 0 saturated heterocycles. The van der Waals surface area contributed by atoms with E-state index in [1.54, 1.807) is 19.2 Å². The average molecular weight is 317 g/mol. The Hall–Kier alpha value is -2.81. The highest BCUT2D eigenvalue weighted by atomic mass is 19.1. The maximum absolute atomic E-state index is 13.0. The number of anilines is 3. The molecular formula is C14H16FN7O. The van der Waals surface area contributed by atoms with Crippen molar-refractivity contribution in [2.75, 3.05) is 24.4 Å². The Morgan fingerprint density at radius 2 is 2.00 bits per heavy atom. The Kier molecular flexibility index (Phi) is 4.29. The van der Waals surface area contributed by atoms with E-state index in [0.717, 1.165) is 0 Å². The lowest BCUT2D eigenvalue weighted by molar-refractivity contribution is 0.190. The fourth-order valence-electron chi connectivity index (χ4n) is 2.08. The van der Waals surface area contributed by atoms with Crippen molar-refractivity contribution in [1.29, 1.82) is 0 Å². The Morgan fingerprint density at radius 1 is 1.22 bits per heavy atom. The van der Waals surface area contributed by atoms with Gasteiger partial charge in [0.25, 0.3) is 0 Å². The summed E-state index contributed by atoms with van der Waals surface area (Å²) in [5.41, 5.74) is 1.61. The lowest BCUT2D eigenvalue weighted by Gasteiger charge is -2.13. The van der Waals surface area contributed by atoms with E-state index < -0.39 is 0 Å². The Labute approximate surface area is 131 Å². The van der Waals surface area contributed by atoms with Gasteiger partial charge < -0.3 is 15.4 Å². The largest absolute Gasteiger partial charge is 0.383 e. The number of ether oxygens (including phenoxy) is 1. The molecule has 23 heavy (non-hydrogen) atoms. The van der Waals surface area contributed by atoms with Crippen molar-refractivity contribution in [2.24, 2.45) is 0 Å². The molecule has 2 heterocycles. The van der Waals surface area contributed by atoms with Crippen LogP contribution >= 0.6 is 0 Å². The topological polar surface area (TPSA) is 101 Å². The van der Waals surface area contributed by atoms with E-state index >= 15 is 0 Å². The number of nitrogens with one attached hydrogen (secondary N) is 3. The number of benzene rings is 1. The van der Waals surface area contributed by atoms with E-state index in [9.17, 15) is 4.39 Å². The van der Waals surface area contributed by atoms with Crippen molar-refractivity contribution in [1.82, 2.24) is 25.4 Å². The highest BCUT2D eigenvalue weighted by Gasteiger charge is 2.13. The smallest absolute Gasteiger partial charge is 0.227 e. The van der Waals surface area contributed by atoms with E-state index in [0.29, 0.717) is 35.2 Å². The number of methoxy groups -OCH3 is 1. The molecule has 9 heteroatoms. The zero-order chi connectivity index (χ0) is 16.2. The van der Waals surface area contributed by atoms with Crippen molar-refractivity contribution in [3.05, 3.63) is 30.1 Å². The number of halogens is 1. The highest BCUT2D eigenvalue weighted by molar-refractivity contribution is 5.85. The van der Waals surface area contributed by atoms with Crippen molar-refractivity contribution in [3.8, 4) is 0 Å². The van der Waals surface area contributed by atoms with Crippen LogP contribution in [0.3, 0.4) is 0 Å². The summed E-state index contributed by atoms with van der Waals surface area (Å²) in [6.07, 6.45) is 0. The second-order valence-electron chi connectivity index (χ2n) is 5.02. The summed E-state index contributed by atoms with van der Waals surface area (Å²) in [6.45, 7) is 2.47. The number of fused-ring (bicyclic) bond motifs is 1. The first-order chi connectivity index (χ1) is 11.2. The fraction of sp³-hybridized carbons (Fsp3) is 0.286. The van der Waals surface area contributed by atoms with E-state index in [1.165, 1.54) is 12.1 Å². The van der Waals surface area contributed by atoms with E-state index in [2.05, 4.69) is 36.0 Å². The summed E-state index contributed by atoms with van der Waals surface area (Å²) >= 11 is 0. The molecule has 0 radical (unpaired) electrons. The minimum absolute atomic E-state index is 0.0306. The van der Waals surface area contributed by atoms with Crippen LogP contribution in [0.15, 0.2) is 24.3 Å². The van der Waals surface area contributed by atoms with Crippen LogP contribution in [0.1, 0.15) is 6.92 Å². The number of aromatic amines is 1. The first-order valence-corrected chi connectivity index (χ1v) is 7.02. The second kappa shape index (κ2) is 6.53. The quantitative estimate of drug-likeness (QED) is 0.640. The van der Waals surface area contributed by atoms with Gasteiger partial charge in [-0.3, -0.25) is 0 Å². The maximum atomic E-state index is 13.0. The number of hydrogen-bond acceptors (Lipinski definition) is 7. The van der Waals surface area contributed by atoms with Crippen molar-refractivity contribution in [2.45, 2.75) is 13.0 Å². The molecule has 0 amide bonds. The van der Waals surface area contributed by atoms with Crippen molar-refractivity contribution < 1.29 is 9.13 Å². The summed E-state index contributed by atoms with van der Waals surface area (Å²) < 4.78 is 18.1. The highest BCUT2D eigenvalue weighted by Crippen LogP contribution is 2.22. The zero-order valence-electron chi connectivity index (χ0n) is 12.7. The molecule has 120 valence electrons. The minimum atomic E-state index is -0.305. The molecule has 0 saturated carbocycles. The zero-order valence-corrected chi connectivity index (χ0v) is 12.7. The molecule has 8 nitrogen and oxygen atoms in total. The van der Waals surface area contributed by atoms with Gasteiger partial charge in [-0.2, -0.15) is 20.3 Å². The Balaban J connectivity index is 1.91. The molecule has 0 spiro atoms. The van der Waals surface area contributed by atoms with Crippen LogP contribution in [0, 0.1) is 5.82 Å². The third-order valence-corrected chi connectivity index (χ3v) is 3.08. The molecule has 0 bridgehead atoms. The maximum Gasteiger partial charge on any atom is 0.227 e. The first-order valence-electron chi connectivity index (χ1n) is 7.02. The fourth-order valence-corrected chi connectivity index (χ4v) is 2.08. The van der Waals surface area contributed by atoms with Crippen LogP contribution in [0.25, 0.3) is 11.2 Å². The van der Waals surface area contributed by atoms with E-state index in [4.69, 9.17) is 4.74 Å². The molecule has 3 N–H and O–H groups in total. The lowest BCUT2D eigenvalue weighted by Crippen LogP contribution is -2.22. The van der Waals surface area contributed by atoms with E-state index in [-0.39, 0.29) is 11.9 Å². The molecule has 0 aliphatic rings. The van der Waals surface area contributed by atoms with Crippen LogP contribution in [0.2, 0.25) is 0 Å². The van der Waals surface area contributed by atoms with Gasteiger partial charge in [-0.25, -0.2) is 4.39 Å². The van der Waals surface area contributed by atoms with Gasteiger partial charge in [0.15, 0.2) is 11.3 Å². The number of H-pyrrole nitrogens is 1. The molecule has 0 aliphatic heterocycles. The van der Waals surface area contributed by atoms with Gasteiger partial charge in [0.1, 0.15) is 5.82 Å². The van der Waals surface area contributed by atoms with Gasteiger partial charge in [0.2, 0.25) is 11.6 Å². The molecule has 2 aromatic heterocycles. The van der Waals surface area contributed by atoms with Gasteiger partial charge in [-0.15, -0.1) is 5.10 Å². The molecule has 3 aromatic rings. The molecule has 0 fully saturated rings. The summed E-state index contributed by atoms with van der Waals surface area (Å²) in [5.74, 6) is 0.573. The predicted octanol–water partition coefficient (Wildman–Crippen LogP) is 2.08. The summed E-state index contributed by atoms with van der Waals surface area (Å²) in [6, 6.07) is 5.99. The summed E-state index contributed by atoms with van der Waals surface area (Å²) in [5, 5.41) is 16.8. The summed E-state index contributed by atoms with van der Waals surface area (Å²) in [4.78, 5) is 8.70. The van der Waals surface area contributed by atoms with Gasteiger partial charge in [-0.1, -0.05) is 0 Å². The standard InChI is InChI=1S/C14H16FN7O/c1-8(7-23-2)16-14-18-12(11-13(19-14)21-22-20-11)17-10-5-3-9(15)4-6-10/h3-6,8H,7H2,1-2H3,(H3,16,17,18,19,20,21,22). The van der Waals surface area contributed by atoms with Gasteiger partial charge >= 0.3 is 0 Å². The number of hydrogen-bond donors (Lipinski definition) is 3. The van der Waals surface area contributed by atoms with Crippen LogP contribution < -0.4 is 10.6 Å². The van der Waals surface area contributed by atoms with Crippen molar-refractivity contribution >= 4 is 28.6 Å². The predicted molar refractivity (Wildman–Crippen MR) is 84.1 cm³/mol. The molecule has 1 atom stereocenters. The van der Waals surface area contributed by atoms with Crippen LogP contribution in [-0.2, 0) is 4.74 Å². The molecule has 0 aliphatic carbocycles. The van der Waals surface area contributed by atoms with Gasteiger partial charge in [0, 0.05) is 18.8 Å². The van der Waals surface area contributed by atoms with E-state index in [1.807, 2.05) is 6.92 Å². The number of rotatable bonds is 6. The van der Waals surface area contributed by atoms with Crippen LogP contribution in [0.4, 0.5) is 21.8 Å². The number of aromatic nitrogens is 5. The Bertz CT molecular complexity index is 789. The third-order valence-electron chi connectivity index (χ3n) is 3.08. The van der Waals surface area contributed by atoms with Crippen molar-refractivity contribution in [3.63, 3.8) is 0 Å². The van der Waals surface area contributed by atoms with Crippen LogP contribution in [0.5, 0.6) is 0 Å². The van der Waals surface area contributed by atoms with Gasteiger partial charge in [-0.05, 0) is 31.2 Å². The third kappa shape index (κ3) is 3.51. The first kappa shape index (κ1) is 15.1. The molecule has 3 rings (SSSR count). The second-order valence-corrected chi connectivity index (χ2v) is 5.02. The van der Waals surface area contributed by atoms with Crippen LogP contribution in [-0.4, -0.2) is 45.1 Å². The normalized spacial score (nSPS) is 12.3. The van der Waals surface area contributed by atoms with Gasteiger partial charge in [0.05, 0.1) is 6.61 Å². The SMILES string of the molecule is COCC(C)Nc1nc(Nc2ccc(F)cc2)c2n[nH]nc2n1. The molecule has 1 aromatic carbocycles. The summed E-state index contributed by atoms with van der Waals surface area (Å²) in [7, 11) is 1.63. The monoisotopic (exact) mass is 317 g/mol. The lowest BCUT2D eigenvalue weighted by atomic mass is 10.3.